The molecule has 106 valence electrons. The highest BCUT2D eigenvalue weighted by Crippen LogP contribution is 2.25. The molecule has 0 rings (SSSR count). The number of rotatable bonds is 3. The molecule has 0 heterocycles. The van der Waals surface area contributed by atoms with Gasteiger partial charge in [0.2, 0.25) is 0 Å². The Morgan fingerprint density at radius 3 is 1.83 bits per heavy atom. The monoisotopic (exact) mass is 284 g/mol. The van der Waals surface area contributed by atoms with Crippen molar-refractivity contribution < 1.29 is 17.9 Å². The number of ether oxygens (including phenoxy) is 1. The van der Waals surface area contributed by atoms with Gasteiger partial charge in [-0.1, -0.05) is 45.0 Å². The molecule has 0 aliphatic rings. The van der Waals surface area contributed by atoms with Crippen molar-refractivity contribution in [2.24, 2.45) is 5.92 Å². The Hall–Kier alpha value is -0.900. The van der Waals surface area contributed by atoms with Gasteiger partial charge in [0, 0.05) is 0 Å². The molecule has 0 atom stereocenters. The number of hydrogen-bond donors (Lipinski definition) is 0. The first kappa shape index (κ1) is 19.4. The van der Waals surface area contributed by atoms with Crippen LogP contribution in [0.4, 0.5) is 13.2 Å². The fourth-order valence-electron chi connectivity index (χ4n) is 0.590. The van der Waals surface area contributed by atoms with Crippen molar-refractivity contribution in [2.75, 3.05) is 0 Å². The molecule has 5 heteroatoms. The van der Waals surface area contributed by atoms with Crippen molar-refractivity contribution in [3.63, 3.8) is 0 Å². The Morgan fingerprint density at radius 2 is 1.61 bits per heavy atom. The Bertz CT molecular complexity index is 308. The SMILES string of the molecule is C=C/C(C)=C\C(OC(F)(F)F)=C(/C)Cl.CC(C)C. The minimum atomic E-state index is -4.73. The van der Waals surface area contributed by atoms with Gasteiger partial charge in [-0.25, -0.2) is 0 Å². The van der Waals surface area contributed by atoms with Gasteiger partial charge in [0.1, 0.15) is 5.76 Å². The zero-order chi connectivity index (χ0) is 14.9. The summed E-state index contributed by atoms with van der Waals surface area (Å²) in [5.74, 6) is 0.413. The predicted molar refractivity (Wildman–Crippen MR) is 70.2 cm³/mol. The Kier molecular flexibility index (Phi) is 9.81. The molecule has 0 amide bonds. The Balaban J connectivity index is 0. The summed E-state index contributed by atoms with van der Waals surface area (Å²) < 4.78 is 39.2. The smallest absolute Gasteiger partial charge is 0.405 e. The highest BCUT2D eigenvalue weighted by molar-refractivity contribution is 6.29. The summed E-state index contributed by atoms with van der Waals surface area (Å²) in [6.07, 6.45) is -2.16. The molecule has 0 spiro atoms. The first-order chi connectivity index (χ1) is 7.99. The van der Waals surface area contributed by atoms with Crippen molar-refractivity contribution in [1.29, 1.82) is 0 Å². The van der Waals surface area contributed by atoms with Crippen LogP contribution in [-0.4, -0.2) is 6.36 Å². The summed E-state index contributed by atoms with van der Waals surface area (Å²) >= 11 is 5.43. The van der Waals surface area contributed by atoms with E-state index in [1.165, 1.54) is 19.1 Å². The van der Waals surface area contributed by atoms with E-state index in [1.807, 2.05) is 0 Å². The van der Waals surface area contributed by atoms with E-state index in [1.54, 1.807) is 6.92 Å². The lowest BCUT2D eigenvalue weighted by Crippen LogP contribution is -2.12. The molecular weight excluding hydrogens is 265 g/mol. The molecule has 0 fully saturated rings. The quantitative estimate of drug-likeness (QED) is 0.471. The molecular formula is C13H20ClF3O. The second-order valence-electron chi connectivity index (χ2n) is 4.27. The number of hydrogen-bond acceptors (Lipinski definition) is 1. The van der Waals surface area contributed by atoms with Crippen LogP contribution in [0.25, 0.3) is 0 Å². The van der Waals surface area contributed by atoms with Gasteiger partial charge in [-0.05, 0) is 31.4 Å². The van der Waals surface area contributed by atoms with Crippen LogP contribution >= 0.6 is 11.6 Å². The summed E-state index contributed by atoms with van der Waals surface area (Å²) in [4.78, 5) is 0. The molecule has 0 bridgehead atoms. The highest BCUT2D eigenvalue weighted by atomic mass is 35.5. The van der Waals surface area contributed by atoms with Crippen LogP contribution in [0.1, 0.15) is 34.6 Å². The largest absolute Gasteiger partial charge is 0.573 e. The van der Waals surface area contributed by atoms with Crippen LogP contribution in [-0.2, 0) is 4.74 Å². The average molecular weight is 285 g/mol. The summed E-state index contributed by atoms with van der Waals surface area (Å²) in [6, 6.07) is 0. The van der Waals surface area contributed by atoms with E-state index >= 15 is 0 Å². The van der Waals surface area contributed by atoms with Crippen molar-refractivity contribution in [3.05, 3.63) is 35.1 Å². The minimum absolute atomic E-state index is 0.0662. The maximum Gasteiger partial charge on any atom is 0.573 e. The van der Waals surface area contributed by atoms with Gasteiger partial charge in [0.05, 0.1) is 5.03 Å². The first-order valence-electron chi connectivity index (χ1n) is 5.42. The van der Waals surface area contributed by atoms with E-state index in [2.05, 4.69) is 32.1 Å². The molecule has 0 radical (unpaired) electrons. The molecule has 0 aliphatic heterocycles. The van der Waals surface area contributed by atoms with Crippen LogP contribution in [0.5, 0.6) is 0 Å². The van der Waals surface area contributed by atoms with Crippen LogP contribution in [0.3, 0.4) is 0 Å². The van der Waals surface area contributed by atoms with E-state index in [-0.39, 0.29) is 5.03 Å². The van der Waals surface area contributed by atoms with Crippen LogP contribution < -0.4 is 0 Å². The molecule has 0 aromatic heterocycles. The van der Waals surface area contributed by atoms with Crippen molar-refractivity contribution >= 4 is 11.6 Å². The van der Waals surface area contributed by atoms with Crippen molar-refractivity contribution in [1.82, 2.24) is 0 Å². The van der Waals surface area contributed by atoms with Crippen LogP contribution in [0.15, 0.2) is 35.1 Å². The molecule has 0 aliphatic carbocycles. The number of allylic oxidation sites excluding steroid dienone is 4. The number of halogens is 4. The fourth-order valence-corrected chi connectivity index (χ4v) is 0.683. The zero-order valence-corrected chi connectivity index (χ0v) is 12.1. The van der Waals surface area contributed by atoms with Gasteiger partial charge >= 0.3 is 6.36 Å². The second-order valence-corrected chi connectivity index (χ2v) is 4.84. The van der Waals surface area contributed by atoms with E-state index in [9.17, 15) is 13.2 Å². The van der Waals surface area contributed by atoms with Gasteiger partial charge in [-0.15, -0.1) is 13.2 Å². The van der Waals surface area contributed by atoms with Crippen molar-refractivity contribution in [2.45, 2.75) is 41.0 Å². The van der Waals surface area contributed by atoms with Gasteiger partial charge in [-0.2, -0.15) is 0 Å². The zero-order valence-electron chi connectivity index (χ0n) is 11.4. The van der Waals surface area contributed by atoms with Gasteiger partial charge in [-0.3, -0.25) is 0 Å². The lowest BCUT2D eigenvalue weighted by molar-refractivity contribution is -0.303. The summed E-state index contributed by atoms with van der Waals surface area (Å²) in [7, 11) is 0. The summed E-state index contributed by atoms with van der Waals surface area (Å²) in [6.45, 7) is 12.8. The summed E-state index contributed by atoms with van der Waals surface area (Å²) in [5.41, 5.74) is 0.532. The third kappa shape index (κ3) is 15.1. The van der Waals surface area contributed by atoms with Crippen LogP contribution in [0.2, 0.25) is 0 Å². The number of alkyl halides is 3. The third-order valence-corrected chi connectivity index (χ3v) is 1.43. The Morgan fingerprint density at radius 1 is 1.22 bits per heavy atom. The Labute approximate surface area is 112 Å². The molecule has 0 aromatic carbocycles. The molecule has 0 unspecified atom stereocenters. The van der Waals surface area contributed by atoms with E-state index in [0.717, 1.165) is 5.92 Å². The third-order valence-electron chi connectivity index (χ3n) is 1.25. The van der Waals surface area contributed by atoms with Gasteiger partial charge in [0.15, 0.2) is 0 Å². The predicted octanol–water partition coefficient (Wildman–Crippen LogP) is 5.79. The van der Waals surface area contributed by atoms with E-state index in [0.29, 0.717) is 5.57 Å². The molecule has 0 saturated carbocycles. The molecule has 1 nitrogen and oxygen atoms in total. The standard InChI is InChI=1S/C9H10ClF3O.C4H10/c1-4-6(2)5-8(7(3)10)14-9(11,12)13;1-4(2)3/h4-5H,1H2,2-3H3;4H,1-3H3/b6-5-,8-7-;. The average Bonchev–Trinajstić information content (AvgIpc) is 2.13. The lowest BCUT2D eigenvalue weighted by atomic mass is 10.2. The highest BCUT2D eigenvalue weighted by Gasteiger charge is 2.32. The topological polar surface area (TPSA) is 9.23 Å². The van der Waals surface area contributed by atoms with E-state index < -0.39 is 12.1 Å². The molecule has 0 aromatic rings. The van der Waals surface area contributed by atoms with Gasteiger partial charge in [0.25, 0.3) is 0 Å². The normalized spacial score (nSPS) is 13.6. The first-order valence-corrected chi connectivity index (χ1v) is 5.80. The van der Waals surface area contributed by atoms with Crippen LogP contribution in [0, 0.1) is 5.92 Å². The fraction of sp³-hybridized carbons (Fsp3) is 0.538. The van der Waals surface area contributed by atoms with Gasteiger partial charge < -0.3 is 4.74 Å². The maximum atomic E-state index is 11.9. The molecule has 0 N–H and O–H groups in total. The minimum Gasteiger partial charge on any atom is -0.405 e. The van der Waals surface area contributed by atoms with Crippen molar-refractivity contribution in [3.8, 4) is 0 Å². The van der Waals surface area contributed by atoms with E-state index in [4.69, 9.17) is 11.6 Å². The second kappa shape index (κ2) is 9.09. The molecule has 18 heavy (non-hydrogen) atoms. The lowest BCUT2D eigenvalue weighted by Gasteiger charge is -2.10. The molecule has 0 saturated heterocycles. The maximum absolute atomic E-state index is 11.9. The summed E-state index contributed by atoms with van der Waals surface area (Å²) in [5, 5.41) is -0.0662.